The molecule has 1 aliphatic carbocycles. The Hall–Kier alpha value is -2.70. The van der Waals surface area contributed by atoms with Gasteiger partial charge in [0.2, 0.25) is 0 Å². The molecule has 2 heterocycles. The number of nitrogens with two attached hydrogens (primary N) is 1. The van der Waals surface area contributed by atoms with Gasteiger partial charge in [-0.3, -0.25) is 4.79 Å². The maximum absolute atomic E-state index is 12.7. The van der Waals surface area contributed by atoms with Gasteiger partial charge in [-0.1, -0.05) is 0 Å². The number of amides is 2. The molecule has 2 amide bonds. The maximum Gasteiger partial charge on any atom is 0.410 e. The molecule has 2 atom stereocenters. The van der Waals surface area contributed by atoms with E-state index in [9.17, 15) is 9.59 Å². The largest absolute Gasteiger partial charge is 0.463 e. The molecule has 28 heavy (non-hydrogen) atoms. The van der Waals surface area contributed by atoms with Crippen LogP contribution in [0.15, 0.2) is 22.8 Å². The molecular weight excluding hydrogens is 358 g/mol. The van der Waals surface area contributed by atoms with Crippen LogP contribution in [0.4, 0.5) is 10.5 Å². The van der Waals surface area contributed by atoms with Crippen molar-refractivity contribution in [1.82, 2.24) is 10.2 Å². The zero-order valence-electron chi connectivity index (χ0n) is 16.7. The van der Waals surface area contributed by atoms with Crippen LogP contribution in [0.2, 0.25) is 0 Å². The third-order valence-electron chi connectivity index (χ3n) is 5.75. The third-order valence-corrected chi connectivity index (χ3v) is 5.75. The molecule has 1 saturated carbocycles. The molecule has 1 aliphatic heterocycles. The first-order chi connectivity index (χ1) is 13.2. The van der Waals surface area contributed by atoms with Crippen molar-refractivity contribution in [2.75, 3.05) is 25.4 Å². The van der Waals surface area contributed by atoms with Gasteiger partial charge >= 0.3 is 6.09 Å². The number of anilines is 1. The Kier molecular flexibility index (Phi) is 4.28. The SMILES string of the molecule is Cc1cc(C(=O)NCC2C3CN(C(=O)OC(C)(C)C)CC23)c2occc2c1N. The lowest BCUT2D eigenvalue weighted by atomic mass is 10.0. The second-order valence-electron chi connectivity index (χ2n) is 8.91. The number of ether oxygens (including phenoxy) is 1. The zero-order valence-corrected chi connectivity index (χ0v) is 16.7. The summed E-state index contributed by atoms with van der Waals surface area (Å²) in [6, 6.07) is 3.56. The highest BCUT2D eigenvalue weighted by Gasteiger charge is 2.56. The highest BCUT2D eigenvalue weighted by atomic mass is 16.6. The van der Waals surface area contributed by atoms with Gasteiger partial charge in [0.1, 0.15) is 11.2 Å². The van der Waals surface area contributed by atoms with Crippen LogP contribution in [0.5, 0.6) is 0 Å². The predicted octanol–water partition coefficient (Wildman–Crippen LogP) is 3.17. The van der Waals surface area contributed by atoms with Crippen molar-refractivity contribution in [3.63, 3.8) is 0 Å². The maximum atomic E-state index is 12.7. The normalized spacial score (nSPS) is 23.6. The van der Waals surface area contributed by atoms with E-state index in [4.69, 9.17) is 14.9 Å². The first kappa shape index (κ1) is 18.7. The average molecular weight is 385 g/mol. The smallest absolute Gasteiger partial charge is 0.410 e. The van der Waals surface area contributed by atoms with Crippen LogP contribution >= 0.6 is 0 Å². The standard InChI is InChI=1S/C21H27N3O4/c1-11-7-13(18-12(17(11)22)5-6-27-18)19(25)23-8-14-15-9-24(10-16(14)15)20(26)28-21(2,3)4/h5-7,14-16H,8-10,22H2,1-4H3,(H,23,25). The fraction of sp³-hybridized carbons (Fsp3) is 0.524. The summed E-state index contributed by atoms with van der Waals surface area (Å²) in [4.78, 5) is 26.6. The van der Waals surface area contributed by atoms with Gasteiger partial charge < -0.3 is 25.1 Å². The van der Waals surface area contributed by atoms with Crippen molar-refractivity contribution in [2.24, 2.45) is 17.8 Å². The van der Waals surface area contributed by atoms with E-state index in [2.05, 4.69) is 5.32 Å². The van der Waals surface area contributed by atoms with Crippen LogP contribution in [0.3, 0.4) is 0 Å². The van der Waals surface area contributed by atoms with Crippen molar-refractivity contribution in [1.29, 1.82) is 0 Å². The molecule has 3 N–H and O–H groups in total. The predicted molar refractivity (Wildman–Crippen MR) is 106 cm³/mol. The summed E-state index contributed by atoms with van der Waals surface area (Å²) in [5, 5.41) is 3.79. The Morgan fingerprint density at radius 3 is 2.64 bits per heavy atom. The van der Waals surface area contributed by atoms with Crippen LogP contribution in [0.25, 0.3) is 11.0 Å². The molecule has 4 rings (SSSR count). The molecule has 2 fully saturated rings. The quantitative estimate of drug-likeness (QED) is 0.791. The van der Waals surface area contributed by atoms with Gasteiger partial charge in [-0.25, -0.2) is 4.79 Å². The average Bonchev–Trinajstić information content (AvgIpc) is 3.00. The second kappa shape index (κ2) is 6.43. The number of hydrogen-bond donors (Lipinski definition) is 2. The summed E-state index contributed by atoms with van der Waals surface area (Å²) >= 11 is 0. The Morgan fingerprint density at radius 1 is 1.32 bits per heavy atom. The van der Waals surface area contributed by atoms with E-state index in [1.54, 1.807) is 23.3 Å². The van der Waals surface area contributed by atoms with Gasteiger partial charge in [-0.05, 0) is 63.1 Å². The molecule has 1 saturated heterocycles. The molecule has 1 aromatic heterocycles. The van der Waals surface area contributed by atoms with E-state index in [-0.39, 0.29) is 12.0 Å². The summed E-state index contributed by atoms with van der Waals surface area (Å²) < 4.78 is 10.9. The lowest BCUT2D eigenvalue weighted by Gasteiger charge is -2.26. The number of furan rings is 1. The molecule has 7 nitrogen and oxygen atoms in total. The van der Waals surface area contributed by atoms with Crippen LogP contribution in [-0.4, -0.2) is 42.1 Å². The Morgan fingerprint density at radius 2 is 2.00 bits per heavy atom. The topological polar surface area (TPSA) is 97.8 Å². The highest BCUT2D eigenvalue weighted by Crippen LogP contribution is 2.51. The summed E-state index contributed by atoms with van der Waals surface area (Å²) in [6.45, 7) is 9.49. The first-order valence-electron chi connectivity index (χ1n) is 9.68. The fourth-order valence-corrected chi connectivity index (χ4v) is 4.20. The second-order valence-corrected chi connectivity index (χ2v) is 8.91. The minimum absolute atomic E-state index is 0.156. The number of nitrogen functional groups attached to an aromatic ring is 1. The molecule has 2 aromatic rings. The monoisotopic (exact) mass is 385 g/mol. The minimum atomic E-state index is -0.481. The Balaban J connectivity index is 1.33. The number of benzene rings is 1. The van der Waals surface area contributed by atoms with Crippen LogP contribution < -0.4 is 11.1 Å². The van der Waals surface area contributed by atoms with Crippen molar-refractivity contribution < 1.29 is 18.7 Å². The number of aryl methyl sites for hydroxylation is 1. The molecule has 0 bridgehead atoms. The number of hydrogen-bond acceptors (Lipinski definition) is 5. The number of nitrogens with one attached hydrogen (secondary N) is 1. The van der Waals surface area contributed by atoms with Gasteiger partial charge in [-0.2, -0.15) is 0 Å². The summed E-state index contributed by atoms with van der Waals surface area (Å²) in [5.41, 5.74) is 8.11. The number of fused-ring (bicyclic) bond motifs is 2. The lowest BCUT2D eigenvalue weighted by Crippen LogP contribution is -2.38. The zero-order chi connectivity index (χ0) is 20.2. The molecule has 2 unspecified atom stereocenters. The van der Waals surface area contributed by atoms with Gasteiger partial charge in [-0.15, -0.1) is 0 Å². The fourth-order valence-electron chi connectivity index (χ4n) is 4.20. The van der Waals surface area contributed by atoms with E-state index in [1.165, 1.54) is 0 Å². The van der Waals surface area contributed by atoms with Crippen LogP contribution in [0.1, 0.15) is 36.7 Å². The summed E-state index contributed by atoms with van der Waals surface area (Å²) in [6.07, 6.45) is 1.30. The van der Waals surface area contributed by atoms with Crippen LogP contribution in [-0.2, 0) is 4.74 Å². The van der Waals surface area contributed by atoms with E-state index >= 15 is 0 Å². The lowest BCUT2D eigenvalue weighted by molar-refractivity contribution is 0.0265. The van der Waals surface area contributed by atoms with Crippen molar-refractivity contribution in [2.45, 2.75) is 33.3 Å². The minimum Gasteiger partial charge on any atom is -0.463 e. The van der Waals surface area contributed by atoms with E-state index in [0.717, 1.165) is 10.9 Å². The van der Waals surface area contributed by atoms with Gasteiger partial charge in [0.25, 0.3) is 5.91 Å². The number of carbonyl (C=O) groups excluding carboxylic acids is 2. The molecule has 2 aliphatic rings. The number of likely N-dealkylation sites (tertiary alicyclic amines) is 1. The molecule has 1 aromatic carbocycles. The summed E-state index contributed by atoms with van der Waals surface area (Å²) in [7, 11) is 0. The molecule has 7 heteroatoms. The third kappa shape index (κ3) is 3.30. The molecule has 0 spiro atoms. The molecule has 0 radical (unpaired) electrons. The van der Waals surface area contributed by atoms with Gasteiger partial charge in [0, 0.05) is 30.7 Å². The van der Waals surface area contributed by atoms with Gasteiger partial charge in [0.15, 0.2) is 0 Å². The number of carbonyl (C=O) groups is 2. The Labute approximate surface area is 164 Å². The highest BCUT2D eigenvalue weighted by molar-refractivity contribution is 6.08. The van der Waals surface area contributed by atoms with Crippen molar-refractivity contribution in [3.05, 3.63) is 29.5 Å². The summed E-state index contributed by atoms with van der Waals surface area (Å²) in [5.74, 6) is 1.12. The number of nitrogens with zero attached hydrogens (tertiary/aromatic N) is 1. The molecular formula is C21H27N3O4. The Bertz CT molecular complexity index is 931. The van der Waals surface area contributed by atoms with E-state index in [0.29, 0.717) is 54.2 Å². The van der Waals surface area contributed by atoms with E-state index < -0.39 is 5.60 Å². The van der Waals surface area contributed by atoms with Gasteiger partial charge in [0.05, 0.1) is 11.8 Å². The molecule has 150 valence electrons. The number of piperidine rings is 1. The first-order valence-corrected chi connectivity index (χ1v) is 9.68. The van der Waals surface area contributed by atoms with Crippen molar-refractivity contribution in [3.8, 4) is 0 Å². The van der Waals surface area contributed by atoms with Crippen molar-refractivity contribution >= 4 is 28.7 Å². The van der Waals surface area contributed by atoms with E-state index in [1.807, 2.05) is 27.7 Å². The number of rotatable bonds is 3. The van der Waals surface area contributed by atoms with Crippen LogP contribution in [0, 0.1) is 24.7 Å².